The lowest BCUT2D eigenvalue weighted by molar-refractivity contribution is -0.897. The fourth-order valence-corrected chi connectivity index (χ4v) is 1.91. The van der Waals surface area contributed by atoms with E-state index >= 15 is 0 Å². The standard InChI is InChI=1S/C9H20NO.BF4/c1-10(6-3-4-7-10)8-5-9-11-2;2-1(3,4)5/h3-9H2,1-2H3;/q+1;-1. The number of halogens is 4. The summed E-state index contributed by atoms with van der Waals surface area (Å²) in [7, 11) is -1.85. The van der Waals surface area contributed by atoms with E-state index in [2.05, 4.69) is 7.05 Å². The second-order valence-electron chi connectivity index (χ2n) is 4.34. The van der Waals surface area contributed by atoms with Crippen LogP contribution in [0.1, 0.15) is 19.3 Å². The first-order valence-corrected chi connectivity index (χ1v) is 5.47. The molecule has 1 aliphatic rings. The third kappa shape index (κ3) is 10.2. The summed E-state index contributed by atoms with van der Waals surface area (Å²) in [5.41, 5.74) is 0. The van der Waals surface area contributed by atoms with Gasteiger partial charge in [-0.25, -0.2) is 0 Å². The van der Waals surface area contributed by atoms with Crippen LogP contribution in [0, 0.1) is 0 Å². The van der Waals surface area contributed by atoms with Crippen molar-refractivity contribution in [2.24, 2.45) is 0 Å². The van der Waals surface area contributed by atoms with Crippen LogP contribution in [-0.2, 0) is 4.74 Å². The number of ether oxygens (including phenoxy) is 1. The van der Waals surface area contributed by atoms with Gasteiger partial charge in [0.05, 0.1) is 33.3 Å². The average Bonchev–Trinajstić information content (AvgIpc) is 2.50. The normalized spacial score (nSPS) is 19.1. The molecular weight excluding hydrogens is 225 g/mol. The van der Waals surface area contributed by atoms with Gasteiger partial charge in [0.1, 0.15) is 0 Å². The largest absolute Gasteiger partial charge is 0.673 e. The summed E-state index contributed by atoms with van der Waals surface area (Å²) in [5, 5.41) is 0. The second-order valence-corrected chi connectivity index (χ2v) is 4.34. The molecule has 16 heavy (non-hydrogen) atoms. The highest BCUT2D eigenvalue weighted by atomic mass is 19.5. The van der Waals surface area contributed by atoms with Crippen molar-refractivity contribution in [1.29, 1.82) is 0 Å². The lowest BCUT2D eigenvalue weighted by Crippen LogP contribution is -2.41. The molecule has 98 valence electrons. The van der Waals surface area contributed by atoms with Crippen LogP contribution in [0.25, 0.3) is 0 Å². The smallest absolute Gasteiger partial charge is 0.418 e. The molecule has 0 saturated carbocycles. The molecule has 1 saturated heterocycles. The van der Waals surface area contributed by atoms with E-state index < -0.39 is 7.25 Å². The molecule has 7 heteroatoms. The van der Waals surface area contributed by atoms with Gasteiger partial charge >= 0.3 is 7.25 Å². The van der Waals surface area contributed by atoms with Crippen LogP contribution in [0.2, 0.25) is 0 Å². The third-order valence-corrected chi connectivity index (χ3v) is 2.69. The maximum absolute atomic E-state index is 9.75. The topological polar surface area (TPSA) is 9.23 Å². The molecule has 0 aromatic carbocycles. The quantitative estimate of drug-likeness (QED) is 0.320. The van der Waals surface area contributed by atoms with Crippen LogP contribution in [0.5, 0.6) is 0 Å². The van der Waals surface area contributed by atoms with Crippen LogP contribution >= 0.6 is 0 Å². The van der Waals surface area contributed by atoms with E-state index in [1.54, 1.807) is 7.11 Å². The summed E-state index contributed by atoms with van der Waals surface area (Å²) in [5.74, 6) is 0. The Kier molecular flexibility index (Phi) is 6.98. The Bertz CT molecular complexity index is 177. The lowest BCUT2D eigenvalue weighted by Gasteiger charge is -2.28. The molecule has 0 amide bonds. The van der Waals surface area contributed by atoms with Crippen molar-refractivity contribution in [2.45, 2.75) is 19.3 Å². The van der Waals surface area contributed by atoms with Crippen LogP contribution in [0.15, 0.2) is 0 Å². The number of likely N-dealkylation sites (tertiary alicyclic amines) is 1. The van der Waals surface area contributed by atoms with E-state index in [0.717, 1.165) is 6.61 Å². The minimum atomic E-state index is -6.00. The molecule has 2 nitrogen and oxygen atoms in total. The number of methoxy groups -OCH3 is 1. The zero-order valence-electron chi connectivity index (χ0n) is 9.89. The van der Waals surface area contributed by atoms with E-state index in [4.69, 9.17) is 4.74 Å². The number of rotatable bonds is 4. The monoisotopic (exact) mass is 245 g/mol. The van der Waals surface area contributed by atoms with Crippen LogP contribution in [-0.4, -0.2) is 52.1 Å². The van der Waals surface area contributed by atoms with Crippen molar-refractivity contribution in [3.8, 4) is 0 Å². The predicted molar refractivity (Wildman–Crippen MR) is 56.7 cm³/mol. The van der Waals surface area contributed by atoms with Crippen molar-refractivity contribution in [3.63, 3.8) is 0 Å². The fraction of sp³-hybridized carbons (Fsp3) is 1.00. The van der Waals surface area contributed by atoms with Crippen molar-refractivity contribution >= 4 is 7.25 Å². The third-order valence-electron chi connectivity index (χ3n) is 2.69. The minimum absolute atomic E-state index is 0.924. The van der Waals surface area contributed by atoms with Gasteiger partial charge in [-0.3, -0.25) is 0 Å². The predicted octanol–water partition coefficient (Wildman–Crippen LogP) is 2.56. The molecule has 0 radical (unpaired) electrons. The van der Waals surface area contributed by atoms with Gasteiger partial charge in [-0.2, -0.15) is 0 Å². The number of nitrogens with zero attached hydrogens (tertiary/aromatic N) is 1. The van der Waals surface area contributed by atoms with Gasteiger partial charge in [-0.15, -0.1) is 0 Å². The highest BCUT2D eigenvalue weighted by molar-refractivity contribution is 6.50. The maximum Gasteiger partial charge on any atom is 0.673 e. The summed E-state index contributed by atoms with van der Waals surface area (Å²) in [6.07, 6.45) is 4.06. The van der Waals surface area contributed by atoms with E-state index in [0.29, 0.717) is 0 Å². The molecule has 0 aromatic heterocycles. The van der Waals surface area contributed by atoms with Gasteiger partial charge in [0.25, 0.3) is 0 Å². The maximum atomic E-state index is 9.75. The van der Waals surface area contributed by atoms with Crippen LogP contribution < -0.4 is 0 Å². The SMILES string of the molecule is COCCC[N+]1(C)CCCC1.F[B-](F)(F)F. The molecular formula is C9H20BF4NO. The Morgan fingerprint density at radius 2 is 1.56 bits per heavy atom. The molecule has 1 rings (SSSR count). The van der Waals surface area contributed by atoms with E-state index in [1.807, 2.05) is 0 Å². The Balaban J connectivity index is 0.000000385. The van der Waals surface area contributed by atoms with Crippen molar-refractivity contribution in [3.05, 3.63) is 0 Å². The van der Waals surface area contributed by atoms with E-state index in [1.165, 1.54) is 43.4 Å². The van der Waals surface area contributed by atoms with Crippen molar-refractivity contribution < 1.29 is 26.5 Å². The number of hydrogen-bond donors (Lipinski definition) is 0. The first kappa shape index (κ1) is 15.7. The molecule has 0 aromatic rings. The Morgan fingerprint density at radius 3 is 1.94 bits per heavy atom. The van der Waals surface area contributed by atoms with Crippen LogP contribution in [0.4, 0.5) is 17.3 Å². The zero-order valence-corrected chi connectivity index (χ0v) is 9.89. The summed E-state index contributed by atoms with van der Waals surface area (Å²) >= 11 is 0. The summed E-state index contributed by atoms with van der Waals surface area (Å²) in [6, 6.07) is 0. The summed E-state index contributed by atoms with van der Waals surface area (Å²) < 4.78 is 45.3. The highest BCUT2D eigenvalue weighted by Crippen LogP contribution is 2.16. The van der Waals surface area contributed by atoms with Crippen molar-refractivity contribution in [2.75, 3.05) is 40.4 Å². The molecule has 0 unspecified atom stereocenters. The molecule has 0 bridgehead atoms. The van der Waals surface area contributed by atoms with Crippen LogP contribution in [0.3, 0.4) is 0 Å². The lowest BCUT2D eigenvalue weighted by atomic mass is 10.3. The van der Waals surface area contributed by atoms with Gasteiger partial charge < -0.3 is 26.5 Å². The van der Waals surface area contributed by atoms with E-state index in [9.17, 15) is 17.3 Å². The highest BCUT2D eigenvalue weighted by Gasteiger charge is 2.25. The Labute approximate surface area is 94.3 Å². The molecule has 0 atom stereocenters. The first-order valence-electron chi connectivity index (χ1n) is 5.47. The van der Waals surface area contributed by atoms with Gasteiger partial charge in [0, 0.05) is 26.4 Å². The Morgan fingerprint density at radius 1 is 1.12 bits per heavy atom. The molecule has 1 fully saturated rings. The van der Waals surface area contributed by atoms with Crippen molar-refractivity contribution in [1.82, 2.24) is 0 Å². The molecule has 1 heterocycles. The second kappa shape index (κ2) is 7.11. The fourth-order valence-electron chi connectivity index (χ4n) is 1.91. The van der Waals surface area contributed by atoms with E-state index in [-0.39, 0.29) is 0 Å². The number of hydrogen-bond acceptors (Lipinski definition) is 1. The first-order chi connectivity index (χ1) is 7.27. The zero-order chi connectivity index (χ0) is 12.7. The minimum Gasteiger partial charge on any atom is -0.418 e. The average molecular weight is 245 g/mol. The van der Waals surface area contributed by atoms with Gasteiger partial charge in [0.15, 0.2) is 0 Å². The summed E-state index contributed by atoms with van der Waals surface area (Å²) in [6.45, 7) is 4.98. The van der Waals surface area contributed by atoms with Gasteiger partial charge in [-0.1, -0.05) is 0 Å². The summed E-state index contributed by atoms with van der Waals surface area (Å²) in [4.78, 5) is 0. The molecule has 0 aliphatic carbocycles. The number of quaternary nitrogens is 1. The molecule has 0 spiro atoms. The molecule has 0 N–H and O–H groups in total. The van der Waals surface area contributed by atoms with Gasteiger partial charge in [0.2, 0.25) is 0 Å². The van der Waals surface area contributed by atoms with Gasteiger partial charge in [-0.05, 0) is 0 Å². The Hall–Kier alpha value is -0.295. The molecule has 1 aliphatic heterocycles.